The van der Waals surface area contributed by atoms with Crippen molar-refractivity contribution in [2.24, 2.45) is 0 Å². The van der Waals surface area contributed by atoms with E-state index in [9.17, 15) is 4.79 Å². The summed E-state index contributed by atoms with van der Waals surface area (Å²) < 4.78 is 1.67. The number of benzene rings is 2. The van der Waals surface area contributed by atoms with Crippen molar-refractivity contribution in [2.75, 3.05) is 0 Å². The first kappa shape index (κ1) is 12.3. The van der Waals surface area contributed by atoms with Gasteiger partial charge in [0, 0.05) is 6.42 Å². The van der Waals surface area contributed by atoms with Crippen LogP contribution >= 0.6 is 0 Å². The van der Waals surface area contributed by atoms with Crippen LogP contribution in [0.3, 0.4) is 0 Å². The summed E-state index contributed by atoms with van der Waals surface area (Å²) in [6.07, 6.45) is 2.23. The van der Waals surface area contributed by atoms with E-state index < -0.39 is 5.97 Å². The maximum absolute atomic E-state index is 10.5. The number of fused-ring (bicyclic) bond motifs is 1. The fraction of sp³-hybridized carbons (Fsp3) is 0.133. The standard InChI is InChI=1S/C15H13N3O2/c19-15(20)8-6-13-10-18(17-16-13)14-7-5-11-3-1-2-4-12(11)9-14/h1-5,7,9-10H,6,8H2,(H,19,20). The molecule has 1 N–H and O–H groups in total. The van der Waals surface area contributed by atoms with Crippen LogP contribution in [0.1, 0.15) is 12.1 Å². The molecule has 0 saturated heterocycles. The summed E-state index contributed by atoms with van der Waals surface area (Å²) in [4.78, 5) is 10.5. The molecule has 0 spiro atoms. The number of nitrogens with zero attached hydrogens (tertiary/aromatic N) is 3. The first-order valence-electron chi connectivity index (χ1n) is 6.34. The number of carboxylic acid groups (broad SMARTS) is 1. The van der Waals surface area contributed by atoms with Crippen molar-refractivity contribution in [1.29, 1.82) is 0 Å². The van der Waals surface area contributed by atoms with Crippen LogP contribution in [0.5, 0.6) is 0 Å². The molecule has 100 valence electrons. The molecule has 20 heavy (non-hydrogen) atoms. The summed E-state index contributed by atoms with van der Waals surface area (Å²) >= 11 is 0. The summed E-state index contributed by atoms with van der Waals surface area (Å²) in [5.74, 6) is -0.828. The van der Waals surface area contributed by atoms with Gasteiger partial charge in [0.15, 0.2) is 0 Å². The van der Waals surface area contributed by atoms with Crippen molar-refractivity contribution >= 4 is 16.7 Å². The SMILES string of the molecule is O=C(O)CCc1cn(-c2ccc3ccccc3c2)nn1. The minimum absolute atomic E-state index is 0.0659. The van der Waals surface area contributed by atoms with Crippen molar-refractivity contribution in [3.63, 3.8) is 0 Å². The smallest absolute Gasteiger partial charge is 0.303 e. The highest BCUT2D eigenvalue weighted by molar-refractivity contribution is 5.84. The number of hydrogen-bond donors (Lipinski definition) is 1. The number of carboxylic acids is 1. The van der Waals surface area contributed by atoms with Gasteiger partial charge in [-0.2, -0.15) is 0 Å². The maximum atomic E-state index is 10.5. The molecule has 0 amide bonds. The predicted molar refractivity (Wildman–Crippen MR) is 74.8 cm³/mol. The van der Waals surface area contributed by atoms with Gasteiger partial charge in [-0.15, -0.1) is 5.10 Å². The Labute approximate surface area is 115 Å². The second kappa shape index (κ2) is 5.13. The number of aryl methyl sites for hydroxylation is 1. The lowest BCUT2D eigenvalue weighted by Gasteiger charge is -2.02. The fourth-order valence-electron chi connectivity index (χ4n) is 2.09. The number of rotatable bonds is 4. The van der Waals surface area contributed by atoms with Crippen molar-refractivity contribution in [1.82, 2.24) is 15.0 Å². The van der Waals surface area contributed by atoms with Crippen molar-refractivity contribution in [3.05, 3.63) is 54.4 Å². The molecule has 0 aliphatic heterocycles. The van der Waals surface area contributed by atoms with Crippen molar-refractivity contribution in [3.8, 4) is 5.69 Å². The average molecular weight is 267 g/mol. The molecule has 5 nitrogen and oxygen atoms in total. The lowest BCUT2D eigenvalue weighted by molar-refractivity contribution is -0.136. The third-order valence-electron chi connectivity index (χ3n) is 3.13. The molecule has 0 fully saturated rings. The van der Waals surface area contributed by atoms with Gasteiger partial charge in [-0.1, -0.05) is 35.5 Å². The normalized spacial score (nSPS) is 10.8. The molecule has 0 aliphatic rings. The summed E-state index contributed by atoms with van der Waals surface area (Å²) in [6.45, 7) is 0. The minimum atomic E-state index is -0.828. The van der Waals surface area contributed by atoms with Crippen LogP contribution in [0, 0.1) is 0 Å². The molecule has 0 bridgehead atoms. The van der Waals surface area contributed by atoms with Gasteiger partial charge in [-0.05, 0) is 22.9 Å². The van der Waals surface area contributed by atoms with Gasteiger partial charge < -0.3 is 5.11 Å². The molecule has 2 aromatic carbocycles. The molecule has 0 saturated carbocycles. The monoisotopic (exact) mass is 267 g/mol. The zero-order valence-electron chi connectivity index (χ0n) is 10.7. The van der Waals surface area contributed by atoms with E-state index in [2.05, 4.69) is 16.4 Å². The molecular formula is C15H13N3O2. The van der Waals surface area contributed by atoms with Gasteiger partial charge in [0.25, 0.3) is 0 Å². The van der Waals surface area contributed by atoms with E-state index in [1.54, 1.807) is 10.9 Å². The molecule has 0 radical (unpaired) electrons. The van der Waals surface area contributed by atoms with Gasteiger partial charge in [-0.25, -0.2) is 4.68 Å². The summed E-state index contributed by atoms with van der Waals surface area (Å²) in [6, 6.07) is 14.1. The average Bonchev–Trinajstić information content (AvgIpc) is 2.93. The van der Waals surface area contributed by atoms with Crippen LogP contribution < -0.4 is 0 Å². The van der Waals surface area contributed by atoms with Crippen LogP contribution in [-0.2, 0) is 11.2 Å². The Morgan fingerprint density at radius 2 is 1.95 bits per heavy atom. The van der Waals surface area contributed by atoms with Crippen LogP contribution in [0.4, 0.5) is 0 Å². The molecule has 5 heteroatoms. The fourth-order valence-corrected chi connectivity index (χ4v) is 2.09. The predicted octanol–water partition coefficient (Wildman–Crippen LogP) is 2.44. The van der Waals surface area contributed by atoms with E-state index in [-0.39, 0.29) is 6.42 Å². The summed E-state index contributed by atoms with van der Waals surface area (Å²) in [5, 5.41) is 19.0. The number of aliphatic carboxylic acids is 1. The molecule has 0 atom stereocenters. The lowest BCUT2D eigenvalue weighted by Crippen LogP contribution is -1.97. The minimum Gasteiger partial charge on any atom is -0.481 e. The quantitative estimate of drug-likeness (QED) is 0.788. The molecule has 3 rings (SSSR count). The van der Waals surface area contributed by atoms with Crippen LogP contribution in [-0.4, -0.2) is 26.1 Å². The van der Waals surface area contributed by atoms with E-state index in [1.165, 1.54) is 5.39 Å². The van der Waals surface area contributed by atoms with Crippen molar-refractivity contribution < 1.29 is 9.90 Å². The molecule has 1 heterocycles. The number of aromatic nitrogens is 3. The molecule has 3 aromatic rings. The van der Waals surface area contributed by atoms with E-state index in [0.29, 0.717) is 12.1 Å². The zero-order chi connectivity index (χ0) is 13.9. The Morgan fingerprint density at radius 1 is 1.15 bits per heavy atom. The highest BCUT2D eigenvalue weighted by atomic mass is 16.4. The second-order valence-electron chi connectivity index (χ2n) is 4.58. The van der Waals surface area contributed by atoms with Gasteiger partial charge in [0.05, 0.1) is 24.0 Å². The first-order chi connectivity index (χ1) is 9.72. The van der Waals surface area contributed by atoms with Crippen LogP contribution in [0.15, 0.2) is 48.7 Å². The Bertz CT molecular complexity index is 764. The van der Waals surface area contributed by atoms with E-state index >= 15 is 0 Å². The topological polar surface area (TPSA) is 68.0 Å². The molecule has 1 aromatic heterocycles. The van der Waals surface area contributed by atoms with Gasteiger partial charge in [0.1, 0.15) is 0 Å². The highest BCUT2D eigenvalue weighted by Gasteiger charge is 2.05. The van der Waals surface area contributed by atoms with E-state index in [1.807, 2.05) is 36.4 Å². The third-order valence-corrected chi connectivity index (χ3v) is 3.13. The largest absolute Gasteiger partial charge is 0.481 e. The Morgan fingerprint density at radius 3 is 2.75 bits per heavy atom. The first-order valence-corrected chi connectivity index (χ1v) is 6.34. The molecule has 0 aliphatic carbocycles. The molecule has 0 unspecified atom stereocenters. The van der Waals surface area contributed by atoms with E-state index in [0.717, 1.165) is 11.1 Å². The summed E-state index contributed by atoms with van der Waals surface area (Å²) in [7, 11) is 0. The number of hydrogen-bond acceptors (Lipinski definition) is 3. The van der Waals surface area contributed by atoms with Crippen LogP contribution in [0.2, 0.25) is 0 Å². The highest BCUT2D eigenvalue weighted by Crippen LogP contribution is 2.18. The van der Waals surface area contributed by atoms with Gasteiger partial charge in [-0.3, -0.25) is 4.79 Å². The Hall–Kier alpha value is -2.69. The second-order valence-corrected chi connectivity index (χ2v) is 4.58. The summed E-state index contributed by atoms with van der Waals surface area (Å²) in [5.41, 5.74) is 1.60. The van der Waals surface area contributed by atoms with Gasteiger partial charge in [0.2, 0.25) is 0 Å². The van der Waals surface area contributed by atoms with Gasteiger partial charge >= 0.3 is 5.97 Å². The zero-order valence-corrected chi connectivity index (χ0v) is 10.7. The molecular weight excluding hydrogens is 254 g/mol. The van der Waals surface area contributed by atoms with Crippen molar-refractivity contribution in [2.45, 2.75) is 12.8 Å². The Kier molecular flexibility index (Phi) is 3.16. The van der Waals surface area contributed by atoms with Crippen LogP contribution in [0.25, 0.3) is 16.5 Å². The van der Waals surface area contributed by atoms with E-state index in [4.69, 9.17) is 5.11 Å². The maximum Gasteiger partial charge on any atom is 0.303 e. The third kappa shape index (κ3) is 2.51. The number of carbonyl (C=O) groups is 1. The Balaban J connectivity index is 1.89. The lowest BCUT2D eigenvalue weighted by atomic mass is 10.1.